The normalized spacial score (nSPS) is 33.7. The van der Waals surface area contributed by atoms with Crippen LogP contribution in [0.2, 0.25) is 0 Å². The Labute approximate surface area is 85.9 Å². The summed E-state index contributed by atoms with van der Waals surface area (Å²) in [7, 11) is -3.04. The summed E-state index contributed by atoms with van der Waals surface area (Å²) >= 11 is 0. The zero-order valence-electron chi connectivity index (χ0n) is 8.97. The lowest BCUT2D eigenvalue weighted by molar-refractivity contribution is 0.0604. The molecule has 4 nitrogen and oxygen atoms in total. The highest BCUT2D eigenvalue weighted by Crippen LogP contribution is 2.39. The summed E-state index contributed by atoms with van der Waals surface area (Å²) in [6.07, 6.45) is 1.19. The summed E-state index contributed by atoms with van der Waals surface area (Å²) in [5.41, 5.74) is 0. The Bertz CT molecular complexity index is 326. The van der Waals surface area contributed by atoms with E-state index < -0.39 is 10.0 Å². The lowest BCUT2D eigenvalue weighted by Crippen LogP contribution is -2.52. The summed E-state index contributed by atoms with van der Waals surface area (Å²) in [5.74, 6) is 0. The molecule has 0 saturated carbocycles. The second-order valence-corrected chi connectivity index (χ2v) is 6.81. The highest BCUT2D eigenvalue weighted by atomic mass is 32.2. The minimum absolute atomic E-state index is 0.164. The largest absolute Gasteiger partial charge is 0.283 e. The first-order valence-electron chi connectivity index (χ1n) is 5.25. The van der Waals surface area contributed by atoms with Crippen LogP contribution in [0.25, 0.3) is 0 Å². The van der Waals surface area contributed by atoms with Crippen LogP contribution < -0.4 is 0 Å². The Morgan fingerprint density at radius 3 is 2.50 bits per heavy atom. The topological polar surface area (TPSA) is 40.6 Å². The summed E-state index contributed by atoms with van der Waals surface area (Å²) < 4.78 is 25.5. The molecule has 0 aromatic rings. The third kappa shape index (κ3) is 1.22. The van der Waals surface area contributed by atoms with Crippen molar-refractivity contribution >= 4 is 10.0 Å². The van der Waals surface area contributed by atoms with Gasteiger partial charge in [-0.05, 0) is 26.8 Å². The van der Waals surface area contributed by atoms with E-state index in [1.807, 2.05) is 0 Å². The van der Waals surface area contributed by atoms with Crippen molar-refractivity contribution in [1.82, 2.24) is 9.21 Å². The lowest BCUT2D eigenvalue weighted by Gasteiger charge is -2.40. The molecule has 0 spiro atoms. The van der Waals surface area contributed by atoms with E-state index in [2.05, 4.69) is 11.8 Å². The van der Waals surface area contributed by atoms with E-state index in [1.54, 1.807) is 18.2 Å². The minimum atomic E-state index is -3.04. The molecule has 3 saturated heterocycles. The van der Waals surface area contributed by atoms with Crippen molar-refractivity contribution in [3.63, 3.8) is 0 Å². The van der Waals surface area contributed by atoms with Gasteiger partial charge >= 0.3 is 0 Å². The van der Waals surface area contributed by atoms with Gasteiger partial charge in [0.15, 0.2) is 0 Å². The fourth-order valence-corrected chi connectivity index (χ4v) is 3.89. The molecule has 0 aliphatic carbocycles. The predicted octanol–water partition coefficient (Wildman–Crippen LogP) is 0.461. The molecule has 0 aromatic carbocycles. The molecule has 3 heterocycles. The van der Waals surface area contributed by atoms with Crippen LogP contribution in [0.1, 0.15) is 27.2 Å². The summed E-state index contributed by atoms with van der Waals surface area (Å²) in [6.45, 7) is 7.26. The maximum absolute atomic E-state index is 11.9. The Morgan fingerprint density at radius 1 is 1.43 bits per heavy atom. The number of hydrogen-bond donors (Lipinski definition) is 0. The Morgan fingerprint density at radius 2 is 2.07 bits per heavy atom. The van der Waals surface area contributed by atoms with Crippen molar-refractivity contribution in [2.24, 2.45) is 0 Å². The van der Waals surface area contributed by atoms with E-state index in [9.17, 15) is 8.42 Å². The molecule has 2 atom stereocenters. The molecule has 14 heavy (non-hydrogen) atoms. The average molecular weight is 218 g/mol. The van der Waals surface area contributed by atoms with E-state index in [-0.39, 0.29) is 11.4 Å². The SMILES string of the molecule is CCN1C2CC1N(S(=O)(=O)C(C)C)C2. The van der Waals surface area contributed by atoms with Gasteiger partial charge in [0.1, 0.15) is 0 Å². The molecule has 3 aliphatic heterocycles. The summed E-state index contributed by atoms with van der Waals surface area (Å²) in [6, 6.07) is 0.485. The second kappa shape index (κ2) is 3.18. The molecule has 3 rings (SSSR count). The molecule has 0 radical (unpaired) electrons. The molecular weight excluding hydrogens is 200 g/mol. The smallest absolute Gasteiger partial charge is 0.217 e. The van der Waals surface area contributed by atoms with Crippen molar-refractivity contribution in [3.05, 3.63) is 0 Å². The quantitative estimate of drug-likeness (QED) is 0.691. The van der Waals surface area contributed by atoms with Crippen molar-refractivity contribution in [2.45, 2.75) is 44.6 Å². The van der Waals surface area contributed by atoms with Crippen molar-refractivity contribution in [3.8, 4) is 0 Å². The number of fused-ring (bicyclic) bond motifs is 1. The Balaban J connectivity index is 2.17. The number of rotatable bonds is 3. The third-order valence-corrected chi connectivity index (χ3v) is 5.58. The van der Waals surface area contributed by atoms with E-state index in [0.29, 0.717) is 12.6 Å². The van der Waals surface area contributed by atoms with E-state index in [4.69, 9.17) is 0 Å². The maximum Gasteiger partial charge on any atom is 0.217 e. The van der Waals surface area contributed by atoms with Gasteiger partial charge in [-0.25, -0.2) is 8.42 Å². The molecule has 3 fully saturated rings. The van der Waals surface area contributed by atoms with E-state index in [0.717, 1.165) is 13.0 Å². The molecule has 0 aromatic heterocycles. The monoisotopic (exact) mass is 218 g/mol. The third-order valence-electron chi connectivity index (χ3n) is 3.35. The molecule has 2 unspecified atom stereocenters. The van der Waals surface area contributed by atoms with Gasteiger partial charge in [-0.3, -0.25) is 4.90 Å². The fraction of sp³-hybridized carbons (Fsp3) is 1.00. The first-order valence-corrected chi connectivity index (χ1v) is 6.75. The lowest BCUT2D eigenvalue weighted by atomic mass is 10.1. The second-order valence-electron chi connectivity index (χ2n) is 4.36. The molecule has 2 bridgehead atoms. The van der Waals surface area contributed by atoms with Gasteiger partial charge in [0, 0.05) is 12.6 Å². The van der Waals surface area contributed by atoms with Crippen LogP contribution in [0.15, 0.2) is 0 Å². The van der Waals surface area contributed by atoms with Gasteiger partial charge < -0.3 is 0 Å². The minimum Gasteiger partial charge on any atom is -0.283 e. The molecule has 3 aliphatic rings. The first kappa shape index (κ1) is 10.4. The van der Waals surface area contributed by atoms with Crippen LogP contribution >= 0.6 is 0 Å². The van der Waals surface area contributed by atoms with Crippen molar-refractivity contribution in [2.75, 3.05) is 13.1 Å². The average Bonchev–Trinajstić information content (AvgIpc) is 2.60. The standard InChI is InChI=1S/C9H18N2O2S/c1-4-10-8-5-9(10)11(6-8)14(12,13)7(2)3/h7-9H,4-6H2,1-3H3. The molecule has 5 heteroatoms. The number of nitrogens with zero attached hydrogens (tertiary/aromatic N) is 2. The zero-order valence-corrected chi connectivity index (χ0v) is 9.79. The van der Waals surface area contributed by atoms with E-state index in [1.165, 1.54) is 0 Å². The molecule has 82 valence electrons. The first-order chi connectivity index (χ1) is 6.48. The fourth-order valence-electron chi connectivity index (χ4n) is 2.42. The summed E-state index contributed by atoms with van der Waals surface area (Å²) in [5, 5.41) is -0.291. The number of likely N-dealkylation sites (N-methyl/N-ethyl adjacent to an activating group) is 1. The molecule has 0 N–H and O–H groups in total. The van der Waals surface area contributed by atoms with E-state index >= 15 is 0 Å². The van der Waals surface area contributed by atoms with Crippen LogP contribution in [0.4, 0.5) is 0 Å². The van der Waals surface area contributed by atoms with Crippen LogP contribution in [-0.4, -0.2) is 48.2 Å². The van der Waals surface area contributed by atoms with Crippen LogP contribution in [0, 0.1) is 0 Å². The van der Waals surface area contributed by atoms with Gasteiger partial charge in [-0.1, -0.05) is 6.92 Å². The van der Waals surface area contributed by atoms with Crippen molar-refractivity contribution < 1.29 is 8.42 Å². The van der Waals surface area contributed by atoms with Crippen LogP contribution in [0.5, 0.6) is 0 Å². The Kier molecular flexibility index (Phi) is 2.36. The maximum atomic E-state index is 11.9. The zero-order chi connectivity index (χ0) is 10.5. The summed E-state index contributed by atoms with van der Waals surface area (Å²) in [4.78, 5) is 2.26. The number of hydrogen-bond acceptors (Lipinski definition) is 3. The highest BCUT2D eigenvalue weighted by molar-refractivity contribution is 7.89. The van der Waals surface area contributed by atoms with Gasteiger partial charge in [0.2, 0.25) is 10.0 Å². The van der Waals surface area contributed by atoms with Gasteiger partial charge in [-0.15, -0.1) is 0 Å². The number of sulfonamides is 1. The molecule has 0 amide bonds. The van der Waals surface area contributed by atoms with Crippen molar-refractivity contribution in [1.29, 1.82) is 0 Å². The van der Waals surface area contributed by atoms with Crippen LogP contribution in [0.3, 0.4) is 0 Å². The van der Waals surface area contributed by atoms with Gasteiger partial charge in [0.05, 0.1) is 11.4 Å². The molecular formula is C9H18N2O2S. The van der Waals surface area contributed by atoms with Crippen LogP contribution in [-0.2, 0) is 10.0 Å². The van der Waals surface area contributed by atoms with Gasteiger partial charge in [-0.2, -0.15) is 4.31 Å². The predicted molar refractivity (Wildman–Crippen MR) is 55.3 cm³/mol. The van der Waals surface area contributed by atoms with Gasteiger partial charge in [0.25, 0.3) is 0 Å². The highest BCUT2D eigenvalue weighted by Gasteiger charge is 2.53. The Hall–Kier alpha value is -0.130.